The van der Waals surface area contributed by atoms with Crippen molar-refractivity contribution in [2.45, 2.75) is 13.2 Å². The van der Waals surface area contributed by atoms with Crippen molar-refractivity contribution in [2.75, 3.05) is 6.26 Å². The van der Waals surface area contributed by atoms with Gasteiger partial charge in [0.2, 0.25) is 0 Å². The third-order valence-corrected chi connectivity index (χ3v) is 3.17. The largest absolute Gasteiger partial charge is 0.390 e. The SMILES string of the molecule is CS(=O)(=O)OCc1ccc([N+](=O)[O-])cn1.O=[N+]([O-])c1ccc(CO)nc1. The Morgan fingerprint density at radius 3 is 1.77 bits per heavy atom. The van der Waals surface area contributed by atoms with Crippen molar-refractivity contribution in [1.82, 2.24) is 9.97 Å². The Morgan fingerprint density at radius 1 is 1.00 bits per heavy atom. The topological polar surface area (TPSA) is 176 Å². The third-order valence-electron chi connectivity index (χ3n) is 2.62. The average molecular weight is 386 g/mol. The van der Waals surface area contributed by atoms with Gasteiger partial charge in [0.25, 0.3) is 21.5 Å². The Bertz CT molecular complexity index is 853. The summed E-state index contributed by atoms with van der Waals surface area (Å²) in [4.78, 5) is 26.5. The van der Waals surface area contributed by atoms with Gasteiger partial charge >= 0.3 is 0 Å². The number of aliphatic hydroxyl groups excluding tert-OH is 1. The summed E-state index contributed by atoms with van der Waals surface area (Å²) in [5.41, 5.74) is 0.516. The van der Waals surface area contributed by atoms with Crippen molar-refractivity contribution in [1.29, 1.82) is 0 Å². The molecule has 0 spiro atoms. The first-order valence-corrected chi connectivity index (χ1v) is 8.58. The molecule has 2 rings (SSSR count). The molecule has 2 aromatic heterocycles. The fourth-order valence-corrected chi connectivity index (χ4v) is 1.73. The number of nitro groups is 2. The van der Waals surface area contributed by atoms with Gasteiger partial charge in [-0.2, -0.15) is 8.42 Å². The molecule has 140 valence electrons. The van der Waals surface area contributed by atoms with Gasteiger partial charge in [0.1, 0.15) is 19.0 Å². The summed E-state index contributed by atoms with van der Waals surface area (Å²) in [5.74, 6) is 0. The minimum atomic E-state index is -3.52. The molecular formula is C13H14N4O8S. The average Bonchev–Trinajstić information content (AvgIpc) is 2.60. The van der Waals surface area contributed by atoms with E-state index >= 15 is 0 Å². The van der Waals surface area contributed by atoms with Crippen molar-refractivity contribution in [3.8, 4) is 0 Å². The van der Waals surface area contributed by atoms with Crippen molar-refractivity contribution in [2.24, 2.45) is 0 Å². The zero-order chi connectivity index (χ0) is 19.7. The first-order valence-electron chi connectivity index (χ1n) is 6.76. The van der Waals surface area contributed by atoms with E-state index in [2.05, 4.69) is 14.2 Å². The maximum atomic E-state index is 10.6. The lowest BCUT2D eigenvalue weighted by molar-refractivity contribution is -0.385. The van der Waals surface area contributed by atoms with Gasteiger partial charge in [-0.05, 0) is 12.1 Å². The molecule has 12 nitrogen and oxygen atoms in total. The van der Waals surface area contributed by atoms with Crippen LogP contribution in [0.2, 0.25) is 0 Å². The quantitative estimate of drug-likeness (QED) is 0.427. The highest BCUT2D eigenvalue weighted by molar-refractivity contribution is 7.85. The van der Waals surface area contributed by atoms with Crippen molar-refractivity contribution < 1.29 is 27.6 Å². The van der Waals surface area contributed by atoms with Crippen molar-refractivity contribution in [3.05, 3.63) is 68.3 Å². The second kappa shape index (κ2) is 9.45. The molecule has 0 saturated heterocycles. The van der Waals surface area contributed by atoms with Gasteiger partial charge in [-0.25, -0.2) is 0 Å². The Morgan fingerprint density at radius 2 is 1.46 bits per heavy atom. The molecule has 2 heterocycles. The minimum absolute atomic E-state index is 0.0674. The van der Waals surface area contributed by atoms with E-state index in [-0.39, 0.29) is 24.6 Å². The van der Waals surface area contributed by atoms with E-state index in [4.69, 9.17) is 5.11 Å². The van der Waals surface area contributed by atoms with E-state index in [9.17, 15) is 28.6 Å². The molecule has 13 heteroatoms. The first-order chi connectivity index (χ1) is 12.1. The van der Waals surface area contributed by atoms with Crippen LogP contribution in [0.1, 0.15) is 11.4 Å². The van der Waals surface area contributed by atoms with Crippen LogP contribution in [0.4, 0.5) is 11.4 Å². The maximum absolute atomic E-state index is 10.6. The standard InChI is InChI=1S/C7H8N2O5S.C6H6N2O3/c1-15(12,13)14-5-6-2-3-7(4-8-6)9(10)11;9-4-5-1-2-6(3-7-5)8(10)11/h2-4H,5H2,1H3;1-3,9H,4H2. The normalized spacial score (nSPS) is 10.5. The van der Waals surface area contributed by atoms with Crippen LogP contribution < -0.4 is 0 Å². The Hall–Kier alpha value is -3.03. The van der Waals surface area contributed by atoms with Gasteiger partial charge < -0.3 is 5.11 Å². The highest BCUT2D eigenvalue weighted by Crippen LogP contribution is 2.10. The van der Waals surface area contributed by atoms with Crippen LogP contribution in [0, 0.1) is 20.2 Å². The molecule has 0 unspecified atom stereocenters. The third kappa shape index (κ3) is 7.69. The van der Waals surface area contributed by atoms with E-state index in [1.165, 1.54) is 24.3 Å². The Labute approximate surface area is 147 Å². The van der Waals surface area contributed by atoms with E-state index in [0.29, 0.717) is 11.4 Å². The van der Waals surface area contributed by atoms with Crippen LogP contribution in [0.15, 0.2) is 36.7 Å². The summed E-state index contributed by atoms with van der Waals surface area (Å²) in [6, 6.07) is 5.29. The Kier molecular flexibility index (Phi) is 7.64. The van der Waals surface area contributed by atoms with E-state index in [0.717, 1.165) is 18.6 Å². The number of aromatic nitrogens is 2. The molecule has 0 atom stereocenters. The molecule has 0 radical (unpaired) electrons. The molecule has 0 aliphatic rings. The zero-order valence-corrected chi connectivity index (χ0v) is 14.2. The lowest BCUT2D eigenvalue weighted by Crippen LogP contribution is -2.04. The van der Waals surface area contributed by atoms with Crippen molar-refractivity contribution >= 4 is 21.5 Å². The number of nitrogens with zero attached hydrogens (tertiary/aromatic N) is 4. The predicted octanol–water partition coefficient (Wildman–Crippen LogP) is 0.948. The summed E-state index contributed by atoms with van der Waals surface area (Å²) >= 11 is 0. The lowest BCUT2D eigenvalue weighted by atomic mass is 10.3. The van der Waals surface area contributed by atoms with Crippen LogP contribution in [0.3, 0.4) is 0 Å². The second-order valence-electron chi connectivity index (χ2n) is 4.65. The summed E-state index contributed by atoms with van der Waals surface area (Å²) in [6.07, 6.45) is 3.07. The molecule has 0 saturated carbocycles. The highest BCUT2D eigenvalue weighted by Gasteiger charge is 2.07. The van der Waals surface area contributed by atoms with Gasteiger partial charge in [-0.15, -0.1) is 0 Å². The molecule has 2 aromatic rings. The first kappa shape index (κ1) is 21.0. The maximum Gasteiger partial charge on any atom is 0.287 e. The van der Waals surface area contributed by atoms with Crippen molar-refractivity contribution in [3.63, 3.8) is 0 Å². The van der Waals surface area contributed by atoms with Gasteiger partial charge in [-0.3, -0.25) is 34.4 Å². The summed E-state index contributed by atoms with van der Waals surface area (Å²) < 4.78 is 25.7. The van der Waals surface area contributed by atoms with Gasteiger partial charge in [0.15, 0.2) is 0 Å². The van der Waals surface area contributed by atoms with Gasteiger partial charge in [0, 0.05) is 12.1 Å². The molecule has 0 aliphatic heterocycles. The summed E-state index contributed by atoms with van der Waals surface area (Å²) in [7, 11) is -3.52. The highest BCUT2D eigenvalue weighted by atomic mass is 32.2. The smallest absolute Gasteiger partial charge is 0.287 e. The molecule has 0 fully saturated rings. The van der Waals surface area contributed by atoms with E-state index < -0.39 is 20.0 Å². The number of hydrogen-bond acceptors (Lipinski definition) is 10. The molecule has 0 aromatic carbocycles. The number of hydrogen-bond donors (Lipinski definition) is 1. The molecule has 0 amide bonds. The predicted molar refractivity (Wildman–Crippen MR) is 87.3 cm³/mol. The molecule has 0 bridgehead atoms. The molecular weight excluding hydrogens is 372 g/mol. The monoisotopic (exact) mass is 386 g/mol. The van der Waals surface area contributed by atoms with E-state index in [1.54, 1.807) is 0 Å². The van der Waals surface area contributed by atoms with Crippen LogP contribution in [-0.4, -0.2) is 39.6 Å². The Balaban J connectivity index is 0.000000273. The minimum Gasteiger partial charge on any atom is -0.390 e. The van der Waals surface area contributed by atoms with Crippen LogP contribution in [0.5, 0.6) is 0 Å². The number of aliphatic hydroxyl groups is 1. The molecule has 26 heavy (non-hydrogen) atoms. The van der Waals surface area contributed by atoms with Crippen LogP contribution >= 0.6 is 0 Å². The van der Waals surface area contributed by atoms with Gasteiger partial charge in [0.05, 0.1) is 34.1 Å². The fraction of sp³-hybridized carbons (Fsp3) is 0.231. The van der Waals surface area contributed by atoms with E-state index in [1.807, 2.05) is 0 Å². The second-order valence-corrected chi connectivity index (χ2v) is 6.30. The number of pyridine rings is 2. The molecule has 0 aliphatic carbocycles. The van der Waals surface area contributed by atoms with Crippen LogP contribution in [-0.2, 0) is 27.5 Å². The summed E-state index contributed by atoms with van der Waals surface area (Å²) in [6.45, 7) is -0.422. The summed E-state index contributed by atoms with van der Waals surface area (Å²) in [5, 5.41) is 28.9. The number of rotatable bonds is 6. The molecule has 1 N–H and O–H groups in total. The lowest BCUT2D eigenvalue weighted by Gasteiger charge is -1.99. The fourth-order valence-electron chi connectivity index (χ4n) is 1.40. The van der Waals surface area contributed by atoms with Gasteiger partial charge in [-0.1, -0.05) is 0 Å². The van der Waals surface area contributed by atoms with Crippen LogP contribution in [0.25, 0.3) is 0 Å². The zero-order valence-electron chi connectivity index (χ0n) is 13.4.